The Balaban J connectivity index is 4.91. The second-order valence-corrected chi connectivity index (χ2v) is 11.1. The minimum Gasteiger partial charge on any atom is -0.266 e. The quantitative estimate of drug-likeness (QED) is 0.507. The molecule has 0 amide bonds. The maximum absolute atomic E-state index is 12.1. The van der Waals surface area contributed by atoms with E-state index in [0.717, 1.165) is 0 Å². The van der Waals surface area contributed by atoms with Crippen LogP contribution in [0.3, 0.4) is 0 Å². The van der Waals surface area contributed by atoms with E-state index >= 15 is 0 Å². The highest BCUT2D eigenvalue weighted by Gasteiger charge is 2.29. The standard InChI is InChI=1S/C16H34O6S2/c1-11(2)15(12(3)4)21-23(17,18)9-10-24(19,20)22-16(13(5)6)14(7)8/h11-16H,9-10H2,1-8H3. The molecule has 0 saturated carbocycles. The van der Waals surface area contributed by atoms with Gasteiger partial charge in [-0.15, -0.1) is 0 Å². The van der Waals surface area contributed by atoms with Gasteiger partial charge in [-0.25, -0.2) is 0 Å². The van der Waals surface area contributed by atoms with Crippen LogP contribution >= 0.6 is 0 Å². The molecule has 0 spiro atoms. The molecule has 0 rings (SSSR count). The van der Waals surface area contributed by atoms with Gasteiger partial charge in [-0.3, -0.25) is 8.37 Å². The van der Waals surface area contributed by atoms with Gasteiger partial charge in [0.15, 0.2) is 0 Å². The van der Waals surface area contributed by atoms with Crippen LogP contribution in [0.4, 0.5) is 0 Å². The molecule has 0 unspecified atom stereocenters. The van der Waals surface area contributed by atoms with Crippen molar-refractivity contribution < 1.29 is 25.2 Å². The summed E-state index contributed by atoms with van der Waals surface area (Å²) in [5.74, 6) is -1.15. The molecule has 0 aromatic rings. The van der Waals surface area contributed by atoms with Gasteiger partial charge in [0.25, 0.3) is 20.2 Å². The molecule has 0 bridgehead atoms. The summed E-state index contributed by atoms with van der Waals surface area (Å²) in [4.78, 5) is 0. The molecule has 0 aliphatic rings. The fourth-order valence-corrected chi connectivity index (χ4v) is 6.01. The summed E-state index contributed by atoms with van der Waals surface area (Å²) in [7, 11) is -7.88. The topological polar surface area (TPSA) is 86.7 Å². The second kappa shape index (κ2) is 9.50. The van der Waals surface area contributed by atoms with Crippen molar-refractivity contribution in [2.75, 3.05) is 11.5 Å². The third-order valence-corrected chi connectivity index (χ3v) is 6.42. The van der Waals surface area contributed by atoms with Crippen LogP contribution in [0.25, 0.3) is 0 Å². The van der Waals surface area contributed by atoms with Crippen molar-refractivity contribution in [2.45, 2.75) is 67.6 Å². The molecule has 0 aromatic heterocycles. The van der Waals surface area contributed by atoms with Crippen molar-refractivity contribution >= 4 is 20.2 Å². The molecular weight excluding hydrogens is 352 g/mol. The maximum atomic E-state index is 12.1. The van der Waals surface area contributed by atoms with E-state index in [1.807, 2.05) is 55.4 Å². The molecule has 0 atom stereocenters. The lowest BCUT2D eigenvalue weighted by atomic mass is 9.97. The summed E-state index contributed by atoms with van der Waals surface area (Å²) in [6, 6.07) is 0. The maximum Gasteiger partial charge on any atom is 0.268 e. The van der Waals surface area contributed by atoms with E-state index in [1.165, 1.54) is 0 Å². The van der Waals surface area contributed by atoms with E-state index < -0.39 is 43.9 Å². The molecule has 0 fully saturated rings. The van der Waals surface area contributed by atoms with E-state index in [0.29, 0.717) is 0 Å². The third kappa shape index (κ3) is 8.78. The third-order valence-electron chi connectivity index (χ3n) is 3.73. The van der Waals surface area contributed by atoms with E-state index in [-0.39, 0.29) is 23.7 Å². The highest BCUT2D eigenvalue weighted by molar-refractivity contribution is 7.90. The molecular formula is C16H34O6S2. The lowest BCUT2D eigenvalue weighted by molar-refractivity contribution is 0.110. The molecule has 0 aliphatic heterocycles. The van der Waals surface area contributed by atoms with Gasteiger partial charge in [0.2, 0.25) is 0 Å². The van der Waals surface area contributed by atoms with Crippen LogP contribution < -0.4 is 0 Å². The van der Waals surface area contributed by atoms with E-state index in [2.05, 4.69) is 0 Å². The Morgan fingerprint density at radius 1 is 0.542 bits per heavy atom. The zero-order valence-electron chi connectivity index (χ0n) is 16.1. The van der Waals surface area contributed by atoms with Crippen LogP contribution in [0.1, 0.15) is 55.4 Å². The van der Waals surface area contributed by atoms with Crippen LogP contribution in [-0.4, -0.2) is 40.5 Å². The molecule has 24 heavy (non-hydrogen) atoms. The van der Waals surface area contributed by atoms with Gasteiger partial charge in [-0.2, -0.15) is 16.8 Å². The summed E-state index contributed by atoms with van der Waals surface area (Å²) < 4.78 is 58.8. The number of rotatable bonds is 11. The summed E-state index contributed by atoms with van der Waals surface area (Å²) in [6.45, 7) is 15.0. The Morgan fingerprint density at radius 3 is 0.917 bits per heavy atom. The highest BCUT2D eigenvalue weighted by atomic mass is 32.2. The van der Waals surface area contributed by atoms with Gasteiger partial charge in [0, 0.05) is 0 Å². The van der Waals surface area contributed by atoms with Crippen LogP contribution in [0.15, 0.2) is 0 Å². The average molecular weight is 387 g/mol. The van der Waals surface area contributed by atoms with Gasteiger partial charge in [0.1, 0.15) is 0 Å². The molecule has 0 N–H and O–H groups in total. The first-order valence-corrected chi connectivity index (χ1v) is 11.7. The minimum atomic E-state index is -3.94. The molecule has 0 heterocycles. The predicted octanol–water partition coefficient (Wildman–Crippen LogP) is 3.04. The molecule has 0 aromatic carbocycles. The fourth-order valence-electron chi connectivity index (χ4n) is 2.62. The summed E-state index contributed by atoms with van der Waals surface area (Å²) >= 11 is 0. The van der Waals surface area contributed by atoms with Crippen molar-refractivity contribution in [1.82, 2.24) is 0 Å². The summed E-state index contributed by atoms with van der Waals surface area (Å²) in [5, 5.41) is 0. The Kier molecular flexibility index (Phi) is 9.43. The molecule has 0 radical (unpaired) electrons. The normalized spacial score (nSPS) is 14.1. The number of hydrogen-bond donors (Lipinski definition) is 0. The first-order chi connectivity index (χ1) is 10.7. The van der Waals surface area contributed by atoms with E-state index in [4.69, 9.17) is 8.37 Å². The smallest absolute Gasteiger partial charge is 0.266 e. The molecule has 146 valence electrons. The Labute approximate surface area is 148 Å². The predicted molar refractivity (Wildman–Crippen MR) is 96.7 cm³/mol. The van der Waals surface area contributed by atoms with Crippen LogP contribution in [0.5, 0.6) is 0 Å². The average Bonchev–Trinajstić information content (AvgIpc) is 2.39. The van der Waals surface area contributed by atoms with Crippen molar-refractivity contribution in [3.05, 3.63) is 0 Å². The first kappa shape index (κ1) is 23.8. The zero-order chi connectivity index (χ0) is 19.3. The Morgan fingerprint density at radius 2 is 0.750 bits per heavy atom. The number of hydrogen-bond acceptors (Lipinski definition) is 6. The van der Waals surface area contributed by atoms with Gasteiger partial charge >= 0.3 is 0 Å². The van der Waals surface area contributed by atoms with Gasteiger partial charge < -0.3 is 0 Å². The monoisotopic (exact) mass is 386 g/mol. The van der Waals surface area contributed by atoms with E-state index in [9.17, 15) is 16.8 Å². The lowest BCUT2D eigenvalue weighted by Gasteiger charge is -2.25. The minimum absolute atomic E-state index is 0.0129. The molecule has 8 heteroatoms. The van der Waals surface area contributed by atoms with Crippen LogP contribution in [0, 0.1) is 23.7 Å². The lowest BCUT2D eigenvalue weighted by Crippen LogP contribution is -2.33. The SMILES string of the molecule is CC(C)C(OS(=O)(=O)CCS(=O)(=O)OC(C(C)C)C(C)C)C(C)C. The van der Waals surface area contributed by atoms with Crippen molar-refractivity contribution in [3.8, 4) is 0 Å². The fraction of sp³-hybridized carbons (Fsp3) is 1.00. The Bertz CT molecular complexity index is 493. The second-order valence-electron chi connectivity index (χ2n) is 7.62. The van der Waals surface area contributed by atoms with E-state index in [1.54, 1.807) is 0 Å². The molecule has 6 nitrogen and oxygen atoms in total. The summed E-state index contributed by atoms with van der Waals surface area (Å²) in [6.07, 6.45) is -0.949. The van der Waals surface area contributed by atoms with Crippen LogP contribution in [0.2, 0.25) is 0 Å². The zero-order valence-corrected chi connectivity index (χ0v) is 17.8. The van der Waals surface area contributed by atoms with Gasteiger partial charge in [0.05, 0.1) is 23.7 Å². The molecule has 0 saturated heterocycles. The largest absolute Gasteiger partial charge is 0.268 e. The first-order valence-electron chi connectivity index (χ1n) is 8.50. The highest BCUT2D eigenvalue weighted by Crippen LogP contribution is 2.21. The molecule has 0 aliphatic carbocycles. The summed E-state index contributed by atoms with van der Waals surface area (Å²) in [5.41, 5.74) is 0. The van der Waals surface area contributed by atoms with Crippen LogP contribution in [-0.2, 0) is 28.6 Å². The van der Waals surface area contributed by atoms with Gasteiger partial charge in [-0.05, 0) is 23.7 Å². The van der Waals surface area contributed by atoms with Crippen molar-refractivity contribution in [3.63, 3.8) is 0 Å². The van der Waals surface area contributed by atoms with Gasteiger partial charge in [-0.1, -0.05) is 55.4 Å². The van der Waals surface area contributed by atoms with Crippen molar-refractivity contribution in [1.29, 1.82) is 0 Å². The van der Waals surface area contributed by atoms with Crippen molar-refractivity contribution in [2.24, 2.45) is 23.7 Å². The Hall–Kier alpha value is -0.180.